The summed E-state index contributed by atoms with van der Waals surface area (Å²) in [7, 11) is 0. The summed E-state index contributed by atoms with van der Waals surface area (Å²) in [6, 6.07) is 8.08. The van der Waals surface area contributed by atoms with Crippen molar-refractivity contribution in [3.63, 3.8) is 0 Å². The first-order chi connectivity index (χ1) is 8.69. The molecule has 4 heteroatoms. The summed E-state index contributed by atoms with van der Waals surface area (Å²) >= 11 is 3.41. The lowest BCUT2D eigenvalue weighted by molar-refractivity contribution is -0.0867. The molecule has 1 N–H and O–H groups in total. The molecular formula is C14H20BrNO2. The third kappa shape index (κ3) is 3.79. The van der Waals surface area contributed by atoms with Crippen molar-refractivity contribution in [1.29, 1.82) is 0 Å². The monoisotopic (exact) mass is 313 g/mol. The zero-order valence-electron chi connectivity index (χ0n) is 10.7. The first kappa shape index (κ1) is 14.0. The first-order valence-electron chi connectivity index (χ1n) is 6.45. The molecule has 0 radical (unpaired) electrons. The Hall–Kier alpha value is -0.420. The predicted molar refractivity (Wildman–Crippen MR) is 75.7 cm³/mol. The lowest BCUT2D eigenvalue weighted by Crippen LogP contribution is -2.48. The number of ether oxygens (including phenoxy) is 1. The van der Waals surface area contributed by atoms with Crippen LogP contribution >= 0.6 is 15.9 Å². The number of likely N-dealkylation sites (N-methyl/N-ethyl adjacent to an activating group) is 1. The molecular weight excluding hydrogens is 294 g/mol. The van der Waals surface area contributed by atoms with Gasteiger partial charge in [-0.05, 0) is 24.2 Å². The van der Waals surface area contributed by atoms with E-state index in [0.717, 1.165) is 36.3 Å². The van der Waals surface area contributed by atoms with Gasteiger partial charge in [-0.1, -0.05) is 35.0 Å². The number of aliphatic hydroxyl groups excluding tert-OH is 1. The van der Waals surface area contributed by atoms with Crippen molar-refractivity contribution < 1.29 is 9.84 Å². The fourth-order valence-electron chi connectivity index (χ4n) is 2.25. The van der Waals surface area contributed by atoms with Gasteiger partial charge in [0, 0.05) is 24.0 Å². The van der Waals surface area contributed by atoms with Crippen LogP contribution in [0.1, 0.15) is 12.5 Å². The van der Waals surface area contributed by atoms with Crippen LogP contribution in [0.15, 0.2) is 28.7 Å². The van der Waals surface area contributed by atoms with Crippen LogP contribution in [0.3, 0.4) is 0 Å². The molecule has 18 heavy (non-hydrogen) atoms. The molecule has 0 saturated carbocycles. The van der Waals surface area contributed by atoms with E-state index in [4.69, 9.17) is 4.74 Å². The second-order valence-electron chi connectivity index (χ2n) is 4.70. The van der Waals surface area contributed by atoms with Gasteiger partial charge in [-0.25, -0.2) is 0 Å². The molecule has 1 saturated heterocycles. The Labute approximate surface area is 117 Å². The first-order valence-corrected chi connectivity index (χ1v) is 7.25. The normalized spacial score (nSPS) is 22.9. The summed E-state index contributed by atoms with van der Waals surface area (Å²) in [6.07, 6.45) is 0.151. The molecule has 0 amide bonds. The molecule has 100 valence electrons. The number of hydrogen-bond donors (Lipinski definition) is 1. The lowest BCUT2D eigenvalue weighted by atomic mass is 10.0. The maximum Gasteiger partial charge on any atom is 0.0964 e. The van der Waals surface area contributed by atoms with Gasteiger partial charge in [-0.3, -0.25) is 4.90 Å². The largest absolute Gasteiger partial charge is 0.390 e. The molecule has 2 atom stereocenters. The van der Waals surface area contributed by atoms with Gasteiger partial charge in [0.2, 0.25) is 0 Å². The zero-order valence-corrected chi connectivity index (χ0v) is 12.3. The van der Waals surface area contributed by atoms with Gasteiger partial charge >= 0.3 is 0 Å². The molecule has 2 unspecified atom stereocenters. The highest BCUT2D eigenvalue weighted by Gasteiger charge is 2.26. The molecule has 1 aromatic carbocycles. The summed E-state index contributed by atoms with van der Waals surface area (Å²) in [4.78, 5) is 2.32. The molecule has 1 aromatic rings. The van der Waals surface area contributed by atoms with E-state index in [-0.39, 0.29) is 6.10 Å². The van der Waals surface area contributed by atoms with E-state index in [1.165, 1.54) is 0 Å². The predicted octanol–water partition coefficient (Wildman–Crippen LogP) is 2.07. The maximum atomic E-state index is 10.2. The van der Waals surface area contributed by atoms with Gasteiger partial charge < -0.3 is 9.84 Å². The number of nitrogens with zero attached hydrogens (tertiary/aromatic N) is 1. The Balaban J connectivity index is 1.90. The zero-order chi connectivity index (χ0) is 13.0. The average molecular weight is 314 g/mol. The van der Waals surface area contributed by atoms with E-state index in [1.807, 2.05) is 24.3 Å². The van der Waals surface area contributed by atoms with Crippen molar-refractivity contribution in [2.24, 2.45) is 0 Å². The Bertz CT molecular complexity index is 369. The number of morpholine rings is 1. The van der Waals surface area contributed by atoms with E-state index < -0.39 is 6.10 Å². The topological polar surface area (TPSA) is 32.7 Å². The summed E-state index contributed by atoms with van der Waals surface area (Å²) in [5.74, 6) is 0. The fraction of sp³-hybridized carbons (Fsp3) is 0.571. The van der Waals surface area contributed by atoms with Crippen molar-refractivity contribution in [3.05, 3.63) is 34.3 Å². The molecule has 0 aromatic heterocycles. The molecule has 1 aliphatic heterocycles. The van der Waals surface area contributed by atoms with Gasteiger partial charge in [-0.15, -0.1) is 0 Å². The van der Waals surface area contributed by atoms with Gasteiger partial charge in [0.1, 0.15) is 0 Å². The minimum absolute atomic E-state index is 0.0673. The number of rotatable bonds is 4. The third-order valence-corrected chi connectivity index (χ3v) is 3.94. The number of halogens is 1. The molecule has 3 nitrogen and oxygen atoms in total. The van der Waals surface area contributed by atoms with Gasteiger partial charge in [0.05, 0.1) is 18.8 Å². The van der Waals surface area contributed by atoms with Crippen molar-refractivity contribution >= 4 is 15.9 Å². The smallest absolute Gasteiger partial charge is 0.0964 e. The van der Waals surface area contributed by atoms with E-state index in [9.17, 15) is 5.11 Å². The van der Waals surface area contributed by atoms with E-state index in [1.54, 1.807) is 0 Å². The van der Waals surface area contributed by atoms with Crippen molar-refractivity contribution in [2.45, 2.75) is 25.6 Å². The summed E-state index contributed by atoms with van der Waals surface area (Å²) in [5, 5.41) is 10.2. The maximum absolute atomic E-state index is 10.2. The van der Waals surface area contributed by atoms with Crippen LogP contribution in [0.2, 0.25) is 0 Å². The Morgan fingerprint density at radius 3 is 2.83 bits per heavy atom. The van der Waals surface area contributed by atoms with Crippen molar-refractivity contribution in [2.75, 3.05) is 26.2 Å². The fourth-order valence-corrected chi connectivity index (χ4v) is 2.51. The van der Waals surface area contributed by atoms with E-state index in [0.29, 0.717) is 6.42 Å². The van der Waals surface area contributed by atoms with Crippen molar-refractivity contribution in [1.82, 2.24) is 4.90 Å². The molecule has 0 spiro atoms. The minimum atomic E-state index is -0.430. The van der Waals surface area contributed by atoms with Gasteiger partial charge in [0.25, 0.3) is 0 Å². The molecule has 1 heterocycles. The Kier molecular flexibility index (Phi) is 5.18. The highest BCUT2D eigenvalue weighted by atomic mass is 79.9. The number of hydrogen-bond acceptors (Lipinski definition) is 3. The molecule has 0 bridgehead atoms. The SMILES string of the molecule is CCN1CCOC(C(O)Cc2ccc(Br)cc2)C1. The minimum Gasteiger partial charge on any atom is -0.390 e. The molecule has 1 fully saturated rings. The summed E-state index contributed by atoms with van der Waals surface area (Å²) in [5.41, 5.74) is 1.14. The molecule has 1 aliphatic rings. The summed E-state index contributed by atoms with van der Waals surface area (Å²) in [6.45, 7) is 5.68. The molecule has 2 rings (SSSR count). The van der Waals surface area contributed by atoms with E-state index >= 15 is 0 Å². The van der Waals surface area contributed by atoms with Crippen LogP contribution in [-0.2, 0) is 11.2 Å². The van der Waals surface area contributed by atoms with Crippen LogP contribution in [0.25, 0.3) is 0 Å². The van der Waals surface area contributed by atoms with Gasteiger partial charge in [0.15, 0.2) is 0 Å². The van der Waals surface area contributed by atoms with Crippen LogP contribution < -0.4 is 0 Å². The Morgan fingerprint density at radius 2 is 2.17 bits per heavy atom. The van der Waals surface area contributed by atoms with E-state index in [2.05, 4.69) is 27.8 Å². The summed E-state index contributed by atoms with van der Waals surface area (Å²) < 4.78 is 6.73. The van der Waals surface area contributed by atoms with Crippen LogP contribution in [0.5, 0.6) is 0 Å². The van der Waals surface area contributed by atoms with Crippen LogP contribution in [-0.4, -0.2) is 48.5 Å². The van der Waals surface area contributed by atoms with Crippen LogP contribution in [0.4, 0.5) is 0 Å². The standard InChI is InChI=1S/C14H20BrNO2/c1-2-16-7-8-18-14(10-16)13(17)9-11-3-5-12(15)6-4-11/h3-6,13-14,17H,2,7-10H2,1H3. The third-order valence-electron chi connectivity index (χ3n) is 3.41. The quantitative estimate of drug-likeness (QED) is 0.923. The number of benzene rings is 1. The van der Waals surface area contributed by atoms with Crippen LogP contribution in [0, 0.1) is 0 Å². The highest BCUT2D eigenvalue weighted by molar-refractivity contribution is 9.10. The Morgan fingerprint density at radius 1 is 1.44 bits per heavy atom. The second-order valence-corrected chi connectivity index (χ2v) is 5.62. The van der Waals surface area contributed by atoms with Gasteiger partial charge in [-0.2, -0.15) is 0 Å². The average Bonchev–Trinajstić information content (AvgIpc) is 2.41. The second kappa shape index (κ2) is 6.66. The number of aliphatic hydroxyl groups is 1. The molecule has 0 aliphatic carbocycles. The van der Waals surface area contributed by atoms with Crippen molar-refractivity contribution in [3.8, 4) is 0 Å². The lowest BCUT2D eigenvalue weighted by Gasteiger charge is -2.34. The highest BCUT2D eigenvalue weighted by Crippen LogP contribution is 2.15.